The van der Waals surface area contributed by atoms with Gasteiger partial charge in [-0.05, 0) is 25.1 Å². The van der Waals surface area contributed by atoms with Crippen molar-refractivity contribution in [2.45, 2.75) is 45.1 Å². The number of sulfonamides is 1. The number of amides is 1. The van der Waals surface area contributed by atoms with Gasteiger partial charge in [0.2, 0.25) is 15.9 Å². The average Bonchev–Trinajstić information content (AvgIpc) is 2.96. The number of aryl methyl sites for hydroxylation is 2. The Balaban J connectivity index is 2.45. The van der Waals surface area contributed by atoms with Crippen LogP contribution in [0.25, 0.3) is 11.0 Å². The van der Waals surface area contributed by atoms with Gasteiger partial charge in [0, 0.05) is 39.5 Å². The third kappa shape index (κ3) is 3.85. The van der Waals surface area contributed by atoms with Gasteiger partial charge in [0.15, 0.2) is 0 Å². The molecule has 1 aromatic heterocycles. The maximum Gasteiger partial charge on any atom is 0.243 e. The number of hydrogen-bond donors (Lipinski definition) is 1. The maximum atomic E-state index is 12.7. The molecule has 0 saturated heterocycles. The predicted octanol–water partition coefficient (Wildman–Crippen LogP) is 1.77. The molecule has 0 spiro atoms. The number of nitrogens with one attached hydrogen (secondary N) is 1. The van der Waals surface area contributed by atoms with Crippen LogP contribution in [0.3, 0.4) is 0 Å². The Labute approximate surface area is 149 Å². The molecule has 1 N–H and O–H groups in total. The molecule has 8 heteroatoms. The molecule has 25 heavy (non-hydrogen) atoms. The van der Waals surface area contributed by atoms with Crippen molar-refractivity contribution in [3.05, 3.63) is 24.0 Å². The van der Waals surface area contributed by atoms with Gasteiger partial charge in [-0.25, -0.2) is 13.4 Å². The van der Waals surface area contributed by atoms with E-state index in [1.807, 2.05) is 25.3 Å². The molecule has 7 nitrogen and oxygen atoms in total. The molecule has 0 saturated carbocycles. The van der Waals surface area contributed by atoms with Crippen LogP contribution in [0.5, 0.6) is 0 Å². The first-order valence-electron chi connectivity index (χ1n) is 8.58. The van der Waals surface area contributed by atoms with Crippen molar-refractivity contribution in [1.29, 1.82) is 0 Å². The molecule has 0 bridgehead atoms. The quantitative estimate of drug-likeness (QED) is 0.772. The first-order valence-corrected chi connectivity index (χ1v) is 10.0. The van der Waals surface area contributed by atoms with Crippen LogP contribution in [0.4, 0.5) is 0 Å². The number of benzene rings is 1. The van der Waals surface area contributed by atoms with Gasteiger partial charge < -0.3 is 9.88 Å². The number of imidazole rings is 1. The topological polar surface area (TPSA) is 84.3 Å². The van der Waals surface area contributed by atoms with Crippen LogP contribution < -0.4 is 5.32 Å². The van der Waals surface area contributed by atoms with E-state index in [9.17, 15) is 13.2 Å². The highest BCUT2D eigenvalue weighted by Gasteiger charge is 2.23. The van der Waals surface area contributed by atoms with Crippen molar-refractivity contribution >= 4 is 27.0 Å². The molecule has 2 aromatic rings. The van der Waals surface area contributed by atoms with Crippen LogP contribution in [-0.2, 0) is 27.8 Å². The monoisotopic (exact) mass is 366 g/mol. The molecule has 0 aliphatic carbocycles. The molecule has 0 aliphatic rings. The molecular formula is C17H26N4O3S. The van der Waals surface area contributed by atoms with Gasteiger partial charge in [0.05, 0.1) is 15.9 Å². The predicted molar refractivity (Wildman–Crippen MR) is 97.9 cm³/mol. The zero-order valence-corrected chi connectivity index (χ0v) is 16.1. The minimum Gasteiger partial charge on any atom is -0.359 e. The number of carbonyl (C=O) groups is 1. The van der Waals surface area contributed by atoms with Gasteiger partial charge in [0.1, 0.15) is 5.82 Å². The molecule has 0 aliphatic heterocycles. The van der Waals surface area contributed by atoms with Crippen molar-refractivity contribution in [2.75, 3.05) is 20.1 Å². The molecule has 2 rings (SSSR count). The molecule has 1 heterocycles. The average molecular weight is 366 g/mol. The molecule has 0 radical (unpaired) electrons. The second-order valence-corrected chi connectivity index (χ2v) is 7.62. The Hall–Kier alpha value is -1.93. The summed E-state index contributed by atoms with van der Waals surface area (Å²) < 4.78 is 28.8. The summed E-state index contributed by atoms with van der Waals surface area (Å²) in [4.78, 5) is 16.3. The number of nitrogens with zero attached hydrogens (tertiary/aromatic N) is 3. The lowest BCUT2D eigenvalue weighted by atomic mass is 10.3. The molecule has 138 valence electrons. The number of aromatic nitrogens is 2. The van der Waals surface area contributed by atoms with Gasteiger partial charge in [0.25, 0.3) is 0 Å². The summed E-state index contributed by atoms with van der Waals surface area (Å²) in [7, 11) is -1.91. The lowest BCUT2D eigenvalue weighted by Gasteiger charge is -2.18. The third-order valence-electron chi connectivity index (χ3n) is 4.31. The molecule has 1 aromatic carbocycles. The van der Waals surface area contributed by atoms with Gasteiger partial charge in [-0.15, -0.1) is 0 Å². The molecule has 0 unspecified atom stereocenters. The Morgan fingerprint density at radius 2 is 1.92 bits per heavy atom. The van der Waals surface area contributed by atoms with E-state index < -0.39 is 10.0 Å². The highest BCUT2D eigenvalue weighted by Crippen LogP contribution is 2.23. The normalized spacial score (nSPS) is 12.0. The summed E-state index contributed by atoms with van der Waals surface area (Å²) in [6.07, 6.45) is 0.866. The van der Waals surface area contributed by atoms with Gasteiger partial charge in [-0.2, -0.15) is 4.31 Å². The van der Waals surface area contributed by atoms with Crippen molar-refractivity contribution in [2.24, 2.45) is 0 Å². The second-order valence-electron chi connectivity index (χ2n) is 5.69. The van der Waals surface area contributed by atoms with E-state index in [1.54, 1.807) is 25.2 Å². The van der Waals surface area contributed by atoms with E-state index in [0.29, 0.717) is 38.0 Å². The van der Waals surface area contributed by atoms with Crippen molar-refractivity contribution in [3.63, 3.8) is 0 Å². The zero-order valence-electron chi connectivity index (χ0n) is 15.2. The number of hydrogen-bond acceptors (Lipinski definition) is 4. The van der Waals surface area contributed by atoms with Crippen LogP contribution in [0, 0.1) is 0 Å². The lowest BCUT2D eigenvalue weighted by molar-refractivity contribution is -0.120. The minimum atomic E-state index is -3.51. The first-order chi connectivity index (χ1) is 11.9. The summed E-state index contributed by atoms with van der Waals surface area (Å²) >= 11 is 0. The van der Waals surface area contributed by atoms with Crippen molar-refractivity contribution in [3.8, 4) is 0 Å². The highest BCUT2D eigenvalue weighted by atomic mass is 32.2. The smallest absolute Gasteiger partial charge is 0.243 e. The Morgan fingerprint density at radius 3 is 2.48 bits per heavy atom. The summed E-state index contributed by atoms with van der Waals surface area (Å²) in [6, 6.07) is 5.05. The minimum absolute atomic E-state index is 0.0421. The van der Waals surface area contributed by atoms with E-state index in [2.05, 4.69) is 10.3 Å². The number of rotatable bonds is 8. The Bertz CT molecular complexity index is 854. The van der Waals surface area contributed by atoms with Crippen LogP contribution in [0.15, 0.2) is 23.1 Å². The van der Waals surface area contributed by atoms with Gasteiger partial charge in [-0.3, -0.25) is 4.79 Å². The Morgan fingerprint density at radius 1 is 1.24 bits per heavy atom. The van der Waals surface area contributed by atoms with Crippen LogP contribution in [-0.4, -0.2) is 48.3 Å². The van der Waals surface area contributed by atoms with E-state index >= 15 is 0 Å². The first kappa shape index (κ1) is 19.4. The molecule has 0 atom stereocenters. The van der Waals surface area contributed by atoms with E-state index in [-0.39, 0.29) is 10.8 Å². The summed E-state index contributed by atoms with van der Waals surface area (Å²) in [5.74, 6) is 0.748. The summed E-state index contributed by atoms with van der Waals surface area (Å²) in [5.41, 5.74) is 1.52. The highest BCUT2D eigenvalue weighted by molar-refractivity contribution is 7.89. The Kier molecular flexibility index (Phi) is 6.18. The van der Waals surface area contributed by atoms with Gasteiger partial charge >= 0.3 is 0 Å². The standard InChI is InChI=1S/C17H26N4O3S/c1-5-20(6-2)25(23,24)13-8-9-15-14(12-13)19-16(21(15)7-3)10-11-17(22)18-4/h8-9,12H,5-7,10-11H2,1-4H3,(H,18,22). The van der Waals surface area contributed by atoms with Crippen molar-refractivity contribution in [1.82, 2.24) is 19.2 Å². The zero-order chi connectivity index (χ0) is 18.6. The summed E-state index contributed by atoms with van der Waals surface area (Å²) in [5, 5.41) is 2.60. The second kappa shape index (κ2) is 7.97. The van der Waals surface area contributed by atoms with Crippen LogP contribution in [0.1, 0.15) is 33.0 Å². The van der Waals surface area contributed by atoms with E-state index in [4.69, 9.17) is 0 Å². The third-order valence-corrected chi connectivity index (χ3v) is 6.36. The fourth-order valence-corrected chi connectivity index (χ4v) is 4.41. The largest absolute Gasteiger partial charge is 0.359 e. The number of fused-ring (bicyclic) bond motifs is 1. The maximum absolute atomic E-state index is 12.7. The van der Waals surface area contributed by atoms with Crippen molar-refractivity contribution < 1.29 is 13.2 Å². The van der Waals surface area contributed by atoms with Crippen LogP contribution in [0.2, 0.25) is 0 Å². The fraction of sp³-hybridized carbons (Fsp3) is 0.529. The van der Waals surface area contributed by atoms with E-state index in [1.165, 1.54) is 4.31 Å². The number of carbonyl (C=O) groups excluding carboxylic acids is 1. The van der Waals surface area contributed by atoms with Gasteiger partial charge in [-0.1, -0.05) is 13.8 Å². The molecule has 0 fully saturated rings. The molecular weight excluding hydrogens is 340 g/mol. The van der Waals surface area contributed by atoms with Crippen LogP contribution >= 0.6 is 0 Å². The fourth-order valence-electron chi connectivity index (χ4n) is 2.93. The lowest BCUT2D eigenvalue weighted by Crippen LogP contribution is -2.30. The summed E-state index contributed by atoms with van der Waals surface area (Å²) in [6.45, 7) is 7.21. The SMILES string of the molecule is CCN(CC)S(=O)(=O)c1ccc2c(c1)nc(CCC(=O)NC)n2CC. The van der Waals surface area contributed by atoms with E-state index in [0.717, 1.165) is 11.3 Å². The molecule has 1 amide bonds.